The zero-order valence-corrected chi connectivity index (χ0v) is 12.4. The molecule has 118 valence electrons. The molecule has 1 atom stereocenters. The number of phenols is 1. The molecule has 0 aliphatic carbocycles. The molecule has 23 heavy (non-hydrogen) atoms. The van der Waals surface area contributed by atoms with E-state index in [1.54, 1.807) is 19.1 Å². The molecule has 2 aromatic rings. The van der Waals surface area contributed by atoms with Crippen LogP contribution in [0.4, 0.5) is 10.1 Å². The van der Waals surface area contributed by atoms with Crippen molar-refractivity contribution in [1.82, 2.24) is 5.32 Å². The van der Waals surface area contributed by atoms with Crippen LogP contribution < -0.4 is 10.6 Å². The molecule has 0 spiro atoms. The van der Waals surface area contributed by atoms with Gasteiger partial charge in [-0.25, -0.2) is 4.39 Å². The average molecular weight is 314 g/mol. The molecule has 0 saturated heterocycles. The van der Waals surface area contributed by atoms with Gasteiger partial charge < -0.3 is 15.7 Å². The highest BCUT2D eigenvalue weighted by molar-refractivity contribution is 5.99. The van der Waals surface area contributed by atoms with Crippen LogP contribution in [-0.4, -0.2) is 16.9 Å². The number of amides is 2. The molecule has 2 amide bonds. The maximum atomic E-state index is 13.7. The summed E-state index contributed by atoms with van der Waals surface area (Å²) in [6, 6.07) is 8.70. The van der Waals surface area contributed by atoms with Crippen molar-refractivity contribution in [3.05, 3.63) is 58.9 Å². The fraction of sp³-hybridized carbons (Fsp3) is 0.176. The van der Waals surface area contributed by atoms with Gasteiger partial charge in [0.05, 0.1) is 12.5 Å². The van der Waals surface area contributed by atoms with Crippen molar-refractivity contribution in [3.8, 4) is 5.75 Å². The van der Waals surface area contributed by atoms with E-state index in [0.29, 0.717) is 6.42 Å². The normalized spacial score (nSPS) is 14.1. The van der Waals surface area contributed by atoms with E-state index in [2.05, 4.69) is 10.6 Å². The van der Waals surface area contributed by atoms with Crippen LogP contribution in [0.5, 0.6) is 5.75 Å². The monoisotopic (exact) mass is 314 g/mol. The zero-order valence-electron chi connectivity index (χ0n) is 12.4. The number of anilines is 1. The van der Waals surface area contributed by atoms with E-state index in [1.807, 2.05) is 6.07 Å². The molecule has 1 heterocycles. The molecular formula is C17H15FN2O3. The smallest absolute Gasteiger partial charge is 0.258 e. The number of hydrogen-bond acceptors (Lipinski definition) is 3. The predicted octanol–water partition coefficient (Wildman–Crippen LogP) is 2.52. The van der Waals surface area contributed by atoms with Gasteiger partial charge in [-0.3, -0.25) is 9.59 Å². The largest absolute Gasteiger partial charge is 0.507 e. The summed E-state index contributed by atoms with van der Waals surface area (Å²) in [5.74, 6) is -1.94. The van der Waals surface area contributed by atoms with Gasteiger partial charge in [-0.15, -0.1) is 0 Å². The summed E-state index contributed by atoms with van der Waals surface area (Å²) in [6.07, 6.45) is 0.304. The number of halogens is 1. The Morgan fingerprint density at radius 3 is 2.87 bits per heavy atom. The van der Waals surface area contributed by atoms with E-state index < -0.39 is 23.5 Å². The first kappa shape index (κ1) is 15.0. The van der Waals surface area contributed by atoms with E-state index in [4.69, 9.17) is 0 Å². The third-order valence-electron chi connectivity index (χ3n) is 3.82. The topological polar surface area (TPSA) is 78.4 Å². The van der Waals surface area contributed by atoms with Crippen LogP contribution in [0.1, 0.15) is 34.5 Å². The van der Waals surface area contributed by atoms with Gasteiger partial charge in [-0.2, -0.15) is 0 Å². The molecule has 0 bridgehead atoms. The molecule has 6 heteroatoms. The lowest BCUT2D eigenvalue weighted by Crippen LogP contribution is -2.27. The number of carbonyl (C=O) groups excluding carboxylic acids is 2. The van der Waals surface area contributed by atoms with Crippen LogP contribution in [0.25, 0.3) is 0 Å². The van der Waals surface area contributed by atoms with Gasteiger partial charge in [-0.05, 0) is 36.2 Å². The minimum Gasteiger partial charge on any atom is -0.507 e. The van der Waals surface area contributed by atoms with Crippen molar-refractivity contribution in [2.75, 3.05) is 5.32 Å². The van der Waals surface area contributed by atoms with Gasteiger partial charge in [0, 0.05) is 5.69 Å². The van der Waals surface area contributed by atoms with Gasteiger partial charge >= 0.3 is 0 Å². The highest BCUT2D eigenvalue weighted by Gasteiger charge is 2.21. The Bertz CT molecular complexity index is 784. The summed E-state index contributed by atoms with van der Waals surface area (Å²) >= 11 is 0. The molecule has 0 aromatic heterocycles. The average Bonchev–Trinajstić information content (AvgIpc) is 2.85. The Balaban J connectivity index is 1.80. The minimum atomic E-state index is -0.779. The van der Waals surface area contributed by atoms with Gasteiger partial charge in [0.15, 0.2) is 0 Å². The molecule has 1 aliphatic heterocycles. The molecule has 0 fully saturated rings. The highest BCUT2D eigenvalue weighted by Crippen LogP contribution is 2.27. The second-order valence-corrected chi connectivity index (χ2v) is 5.47. The van der Waals surface area contributed by atoms with Crippen molar-refractivity contribution in [2.45, 2.75) is 19.4 Å². The van der Waals surface area contributed by atoms with Gasteiger partial charge in [0.25, 0.3) is 5.91 Å². The Hall–Kier alpha value is -2.89. The molecule has 3 rings (SSSR count). The second-order valence-electron chi connectivity index (χ2n) is 5.47. The number of benzene rings is 2. The van der Waals surface area contributed by atoms with E-state index in [9.17, 15) is 19.1 Å². The van der Waals surface area contributed by atoms with Crippen molar-refractivity contribution in [2.24, 2.45) is 0 Å². The molecule has 1 aliphatic rings. The number of aromatic hydroxyl groups is 1. The van der Waals surface area contributed by atoms with Crippen molar-refractivity contribution < 1.29 is 19.1 Å². The van der Waals surface area contributed by atoms with Crippen molar-refractivity contribution in [3.63, 3.8) is 0 Å². The Morgan fingerprint density at radius 1 is 1.35 bits per heavy atom. The quantitative estimate of drug-likeness (QED) is 0.814. The van der Waals surface area contributed by atoms with Crippen LogP contribution in [0.2, 0.25) is 0 Å². The summed E-state index contributed by atoms with van der Waals surface area (Å²) in [7, 11) is 0. The molecular weight excluding hydrogens is 299 g/mol. The number of nitrogens with one attached hydrogen (secondary N) is 2. The number of carbonyl (C=O) groups is 2. The van der Waals surface area contributed by atoms with Gasteiger partial charge in [0.1, 0.15) is 17.1 Å². The van der Waals surface area contributed by atoms with Gasteiger partial charge in [0.2, 0.25) is 5.91 Å². The molecule has 2 aromatic carbocycles. The maximum absolute atomic E-state index is 13.7. The highest BCUT2D eigenvalue weighted by atomic mass is 19.1. The predicted molar refractivity (Wildman–Crippen MR) is 82.7 cm³/mol. The number of fused-ring (bicyclic) bond motifs is 1. The summed E-state index contributed by atoms with van der Waals surface area (Å²) in [5, 5.41) is 15.0. The third-order valence-corrected chi connectivity index (χ3v) is 3.82. The first-order chi connectivity index (χ1) is 11.0. The fourth-order valence-electron chi connectivity index (χ4n) is 2.61. The summed E-state index contributed by atoms with van der Waals surface area (Å²) < 4.78 is 13.7. The first-order valence-corrected chi connectivity index (χ1v) is 7.16. The van der Waals surface area contributed by atoms with Gasteiger partial charge in [-0.1, -0.05) is 18.2 Å². The van der Waals surface area contributed by atoms with E-state index in [1.165, 1.54) is 12.1 Å². The lowest BCUT2D eigenvalue weighted by atomic mass is 10.0. The van der Waals surface area contributed by atoms with Crippen LogP contribution in [-0.2, 0) is 11.2 Å². The Kier molecular flexibility index (Phi) is 3.73. The molecule has 0 saturated carbocycles. The molecule has 3 N–H and O–H groups in total. The lowest BCUT2D eigenvalue weighted by molar-refractivity contribution is -0.115. The number of phenolic OH excluding ortho intramolecular Hbond substituents is 1. The standard InChI is InChI=1S/C17H15FN2O3/c1-9(10-5-6-13-11(7-10)8-15(22)20-13)19-17(23)16-12(18)3-2-4-14(16)21/h2-7,9,21H,8H2,1H3,(H,19,23)(H,20,22)/t9-/m1/s1. The third kappa shape index (κ3) is 2.88. The van der Waals surface area contributed by atoms with Crippen molar-refractivity contribution >= 4 is 17.5 Å². The maximum Gasteiger partial charge on any atom is 0.258 e. The summed E-state index contributed by atoms with van der Waals surface area (Å²) in [4.78, 5) is 23.5. The van der Waals surface area contributed by atoms with Crippen LogP contribution >= 0.6 is 0 Å². The number of hydrogen-bond donors (Lipinski definition) is 3. The lowest BCUT2D eigenvalue weighted by Gasteiger charge is -2.16. The Morgan fingerprint density at radius 2 is 2.13 bits per heavy atom. The molecule has 5 nitrogen and oxygen atoms in total. The van der Waals surface area contributed by atoms with Crippen molar-refractivity contribution in [1.29, 1.82) is 0 Å². The first-order valence-electron chi connectivity index (χ1n) is 7.16. The van der Waals surface area contributed by atoms with Crippen LogP contribution in [0.15, 0.2) is 36.4 Å². The van der Waals surface area contributed by atoms with Crippen LogP contribution in [0.3, 0.4) is 0 Å². The van der Waals surface area contributed by atoms with Crippen LogP contribution in [0, 0.1) is 5.82 Å². The SMILES string of the molecule is C[C@@H](NC(=O)c1c(O)cccc1F)c1ccc2c(c1)CC(=O)N2. The van der Waals surface area contributed by atoms with E-state index >= 15 is 0 Å². The van der Waals surface area contributed by atoms with E-state index in [-0.39, 0.29) is 11.5 Å². The summed E-state index contributed by atoms with van der Waals surface area (Å²) in [5.41, 5.74) is 2.05. The number of rotatable bonds is 3. The second kappa shape index (κ2) is 5.72. The fourth-order valence-corrected chi connectivity index (χ4v) is 2.61. The Labute approximate surface area is 132 Å². The summed E-state index contributed by atoms with van der Waals surface area (Å²) in [6.45, 7) is 1.75. The molecule has 0 unspecified atom stereocenters. The minimum absolute atomic E-state index is 0.0647. The molecule has 0 radical (unpaired) electrons. The zero-order chi connectivity index (χ0) is 16.6. The van der Waals surface area contributed by atoms with E-state index in [0.717, 1.165) is 22.9 Å².